The summed E-state index contributed by atoms with van der Waals surface area (Å²) >= 11 is 0. The van der Waals surface area contributed by atoms with Crippen LogP contribution in [0.3, 0.4) is 0 Å². The van der Waals surface area contributed by atoms with Gasteiger partial charge in [-0.3, -0.25) is 9.52 Å². The van der Waals surface area contributed by atoms with Crippen molar-refractivity contribution in [2.24, 2.45) is 5.92 Å². The molecule has 0 unspecified atom stereocenters. The molecule has 190 valence electrons. The number of aryl methyl sites for hydroxylation is 1. The maximum Gasteiger partial charge on any atom is 0.264 e. The molecule has 1 aliphatic carbocycles. The molecule has 1 fully saturated rings. The Balaban J connectivity index is 1.64. The molecular weight excluding hydrogens is 509 g/mol. The van der Waals surface area contributed by atoms with Crippen LogP contribution in [0.25, 0.3) is 16.6 Å². The second kappa shape index (κ2) is 8.63. The van der Waals surface area contributed by atoms with Crippen LogP contribution < -0.4 is 15.6 Å². The molecule has 1 aromatic heterocycles. The van der Waals surface area contributed by atoms with Gasteiger partial charge in [-0.15, -0.1) is 0 Å². The average molecular weight is 534 g/mol. The van der Waals surface area contributed by atoms with E-state index in [0.29, 0.717) is 18.0 Å². The number of hydrogen-bond acceptors (Lipinski definition) is 7. The van der Waals surface area contributed by atoms with Crippen molar-refractivity contribution in [1.29, 1.82) is 0 Å². The van der Waals surface area contributed by atoms with Gasteiger partial charge in [0.1, 0.15) is 17.1 Å². The van der Waals surface area contributed by atoms with Gasteiger partial charge < -0.3 is 15.0 Å². The molecule has 0 spiro atoms. The van der Waals surface area contributed by atoms with Crippen LogP contribution in [0.4, 0.5) is 15.8 Å². The van der Waals surface area contributed by atoms with Crippen molar-refractivity contribution in [3.05, 3.63) is 63.5 Å². The molecule has 12 heteroatoms. The van der Waals surface area contributed by atoms with Crippen LogP contribution in [-0.2, 0) is 26.4 Å². The molecule has 5 rings (SSSR count). The summed E-state index contributed by atoms with van der Waals surface area (Å²) in [6.45, 7) is 1.80. The molecule has 9 nitrogen and oxygen atoms in total. The summed E-state index contributed by atoms with van der Waals surface area (Å²) in [6.07, 6.45) is 2.88. The van der Waals surface area contributed by atoms with Crippen molar-refractivity contribution in [3.63, 3.8) is 0 Å². The molecule has 0 bridgehead atoms. The van der Waals surface area contributed by atoms with Gasteiger partial charge in [-0.05, 0) is 55.7 Å². The number of pyridine rings is 1. The number of sulfone groups is 1. The number of anilines is 2. The highest BCUT2D eigenvalue weighted by Gasteiger charge is 2.30. The number of nitrogens with one attached hydrogen (secondary N) is 2. The molecule has 0 amide bonds. The van der Waals surface area contributed by atoms with E-state index >= 15 is 0 Å². The Labute approximate surface area is 207 Å². The van der Waals surface area contributed by atoms with Crippen molar-refractivity contribution < 1.29 is 26.3 Å². The molecule has 2 aromatic carbocycles. The lowest BCUT2D eigenvalue weighted by Crippen LogP contribution is -2.27. The minimum atomic E-state index is -4.14. The quantitative estimate of drug-likeness (QED) is 0.422. The summed E-state index contributed by atoms with van der Waals surface area (Å²) in [5.74, 6) is -0.819. The third kappa shape index (κ3) is 4.46. The van der Waals surface area contributed by atoms with E-state index in [1.54, 1.807) is 0 Å². The number of hydrogen-bond donors (Lipinski definition) is 3. The predicted molar refractivity (Wildman–Crippen MR) is 135 cm³/mol. The minimum absolute atomic E-state index is 0.0734. The Hall–Kier alpha value is -3.38. The summed E-state index contributed by atoms with van der Waals surface area (Å²) in [5, 5.41) is 14.8. The zero-order valence-electron chi connectivity index (χ0n) is 19.3. The summed E-state index contributed by atoms with van der Waals surface area (Å²) in [6, 6.07) is 7.69. The molecule has 0 atom stereocenters. The lowest BCUT2D eigenvalue weighted by molar-refractivity contribution is 0.475. The van der Waals surface area contributed by atoms with E-state index in [0.717, 1.165) is 30.7 Å². The Morgan fingerprint density at radius 3 is 2.64 bits per heavy atom. The van der Waals surface area contributed by atoms with Crippen LogP contribution in [0, 0.1) is 11.7 Å². The van der Waals surface area contributed by atoms with E-state index in [1.807, 2.05) is 0 Å². The zero-order valence-corrected chi connectivity index (χ0v) is 20.9. The first-order valence-electron chi connectivity index (χ1n) is 11.4. The van der Waals surface area contributed by atoms with Crippen LogP contribution in [0.1, 0.15) is 31.7 Å². The van der Waals surface area contributed by atoms with Gasteiger partial charge in [-0.2, -0.15) is 0 Å². The fraction of sp³-hybridized carbons (Fsp3) is 0.292. The van der Waals surface area contributed by atoms with Crippen molar-refractivity contribution >= 4 is 47.8 Å². The molecule has 3 aromatic rings. The second-order valence-corrected chi connectivity index (χ2v) is 12.8. The summed E-state index contributed by atoms with van der Waals surface area (Å²) in [4.78, 5) is 13.4. The molecule has 2 heterocycles. The third-order valence-electron chi connectivity index (χ3n) is 6.41. The largest absolute Gasteiger partial charge is 0.506 e. The fourth-order valence-corrected chi connectivity index (χ4v) is 6.25. The van der Waals surface area contributed by atoms with Crippen LogP contribution in [0.5, 0.6) is 5.75 Å². The molecule has 36 heavy (non-hydrogen) atoms. The van der Waals surface area contributed by atoms with Gasteiger partial charge in [0.05, 0.1) is 33.0 Å². The average Bonchev–Trinajstić information content (AvgIpc) is 3.64. The molecule has 0 saturated heterocycles. The van der Waals surface area contributed by atoms with Gasteiger partial charge >= 0.3 is 0 Å². The van der Waals surface area contributed by atoms with Crippen LogP contribution in [0.15, 0.2) is 51.5 Å². The first-order chi connectivity index (χ1) is 17.0. The molecule has 1 aliphatic heterocycles. The number of halogens is 1. The lowest BCUT2D eigenvalue weighted by Gasteiger charge is -2.22. The first-order valence-corrected chi connectivity index (χ1v) is 14.6. The highest BCUT2D eigenvalue weighted by Crippen LogP contribution is 2.39. The minimum Gasteiger partial charge on any atom is -0.506 e. The van der Waals surface area contributed by atoms with Crippen LogP contribution in [0.2, 0.25) is 0 Å². The highest BCUT2D eigenvalue weighted by atomic mass is 32.2. The Morgan fingerprint density at radius 1 is 1.19 bits per heavy atom. The van der Waals surface area contributed by atoms with Gasteiger partial charge in [-0.25, -0.2) is 21.2 Å². The summed E-state index contributed by atoms with van der Waals surface area (Å²) in [7, 11) is -7.77. The number of rotatable bonds is 7. The number of sulfonamides is 1. The topological polar surface area (TPSA) is 135 Å². The van der Waals surface area contributed by atoms with Crippen LogP contribution >= 0.6 is 0 Å². The van der Waals surface area contributed by atoms with E-state index in [2.05, 4.69) is 10.0 Å². The Bertz CT molecular complexity index is 1710. The number of aromatic nitrogens is 1. The number of aromatic hydroxyl groups is 1. The van der Waals surface area contributed by atoms with Gasteiger partial charge in [0.25, 0.3) is 5.56 Å². The van der Waals surface area contributed by atoms with Crippen molar-refractivity contribution in [2.75, 3.05) is 15.8 Å². The normalized spacial score (nSPS) is 16.8. The summed E-state index contributed by atoms with van der Waals surface area (Å²) in [5.41, 5.74) is -0.501. The van der Waals surface area contributed by atoms with Gasteiger partial charge in [-0.1, -0.05) is 12.8 Å². The van der Waals surface area contributed by atoms with Gasteiger partial charge in [0.2, 0.25) is 19.9 Å². The van der Waals surface area contributed by atoms with Crippen LogP contribution in [-0.4, -0.2) is 32.3 Å². The molecule has 0 radical (unpaired) electrons. The number of fused-ring (bicyclic) bond motifs is 2. The number of benzene rings is 2. The zero-order chi connectivity index (χ0) is 25.8. The van der Waals surface area contributed by atoms with Crippen molar-refractivity contribution in [2.45, 2.75) is 37.6 Å². The lowest BCUT2D eigenvalue weighted by atomic mass is 10.1. The molecule has 3 N–H and O–H groups in total. The summed E-state index contributed by atoms with van der Waals surface area (Å²) < 4.78 is 67.9. The Kier molecular flexibility index (Phi) is 5.83. The van der Waals surface area contributed by atoms with E-state index in [4.69, 9.17) is 0 Å². The SMILES string of the molecule is CCS(=O)(=O)Nc1ccc2c(c1)S(=O)(=O)C=C(c1c(O)c3cc(F)ccc3n(CCC3CC3)c1=O)N2. The first kappa shape index (κ1) is 24.3. The highest BCUT2D eigenvalue weighted by molar-refractivity contribution is 7.94. The maximum absolute atomic E-state index is 14.1. The van der Waals surface area contributed by atoms with E-state index in [1.165, 1.54) is 41.8 Å². The fourth-order valence-electron chi connectivity index (χ4n) is 4.29. The Morgan fingerprint density at radius 2 is 1.94 bits per heavy atom. The van der Waals surface area contributed by atoms with Crippen molar-refractivity contribution in [1.82, 2.24) is 4.57 Å². The smallest absolute Gasteiger partial charge is 0.264 e. The third-order valence-corrected chi connectivity index (χ3v) is 9.22. The van der Waals surface area contributed by atoms with E-state index in [-0.39, 0.29) is 38.7 Å². The van der Waals surface area contributed by atoms with Crippen molar-refractivity contribution in [3.8, 4) is 5.75 Å². The molecular formula is C24H24FN3O6S2. The monoisotopic (exact) mass is 533 g/mol. The van der Waals surface area contributed by atoms with E-state index in [9.17, 15) is 31.1 Å². The predicted octanol–water partition coefficient (Wildman–Crippen LogP) is 3.61. The molecule has 2 aliphatic rings. The second-order valence-electron chi connectivity index (χ2n) is 8.99. The standard InChI is InChI=1S/C24H24FN3O6S2/c1-2-36(33,34)27-16-6-7-18-21(12-16)35(31,32)13-19(26-18)22-23(29)17-11-15(25)5-8-20(17)28(24(22)30)10-9-14-3-4-14/h5-8,11-14,26-27,29H,2-4,9-10H2,1H3. The molecule has 1 saturated carbocycles. The number of nitrogens with zero attached hydrogens (tertiary/aromatic N) is 1. The maximum atomic E-state index is 14.1. The van der Waals surface area contributed by atoms with Gasteiger partial charge in [0, 0.05) is 17.6 Å². The van der Waals surface area contributed by atoms with Gasteiger partial charge in [0.15, 0.2) is 0 Å². The van der Waals surface area contributed by atoms with E-state index < -0.39 is 37.0 Å².